The number of fused-ring (bicyclic) bond motifs is 1. The van der Waals surface area contributed by atoms with E-state index >= 15 is 0 Å². The van der Waals surface area contributed by atoms with Gasteiger partial charge in [-0.1, -0.05) is 53.7 Å². The van der Waals surface area contributed by atoms with Gasteiger partial charge in [0.2, 0.25) is 5.91 Å². The number of hydrogen-bond acceptors (Lipinski definition) is 3. The number of halogens is 1. The van der Waals surface area contributed by atoms with Crippen LogP contribution in [0, 0.1) is 0 Å². The van der Waals surface area contributed by atoms with Crippen molar-refractivity contribution >= 4 is 40.3 Å². The molecular formula is C23H26ClN3OS. The predicted molar refractivity (Wildman–Crippen MR) is 121 cm³/mol. The van der Waals surface area contributed by atoms with Crippen LogP contribution >= 0.6 is 23.4 Å². The molecule has 29 heavy (non-hydrogen) atoms. The van der Waals surface area contributed by atoms with Crippen molar-refractivity contribution in [3.63, 3.8) is 0 Å². The van der Waals surface area contributed by atoms with E-state index < -0.39 is 0 Å². The molecule has 1 saturated heterocycles. The van der Waals surface area contributed by atoms with Crippen molar-refractivity contribution in [3.8, 4) is 0 Å². The molecule has 3 aromatic rings. The summed E-state index contributed by atoms with van der Waals surface area (Å²) in [6, 6.07) is 16.7. The normalized spacial score (nSPS) is 19.6. The smallest absolute Gasteiger partial charge is 0.233 e. The van der Waals surface area contributed by atoms with E-state index in [1.165, 1.54) is 23.7 Å². The lowest BCUT2D eigenvalue weighted by molar-refractivity contribution is -0.134. The zero-order chi connectivity index (χ0) is 20.4. The van der Waals surface area contributed by atoms with Crippen LogP contribution in [0.15, 0.2) is 53.7 Å². The van der Waals surface area contributed by atoms with Crippen molar-refractivity contribution in [1.29, 1.82) is 0 Å². The van der Waals surface area contributed by atoms with Gasteiger partial charge in [-0.3, -0.25) is 4.79 Å². The Kier molecular flexibility index (Phi) is 6.16. The molecule has 1 aromatic heterocycles. The van der Waals surface area contributed by atoms with Gasteiger partial charge in [0.25, 0.3) is 0 Å². The second-order valence-corrected chi connectivity index (χ2v) is 9.20. The molecule has 0 spiro atoms. The first-order chi connectivity index (χ1) is 14.0. The molecule has 0 bridgehead atoms. The zero-order valence-electron chi connectivity index (χ0n) is 16.8. The van der Waals surface area contributed by atoms with Crippen LogP contribution in [0.25, 0.3) is 11.0 Å². The van der Waals surface area contributed by atoms with Crippen molar-refractivity contribution < 1.29 is 4.79 Å². The Morgan fingerprint density at radius 2 is 1.86 bits per heavy atom. The Morgan fingerprint density at radius 1 is 1.14 bits per heavy atom. The minimum atomic E-state index is 0.200. The van der Waals surface area contributed by atoms with Crippen molar-refractivity contribution in [1.82, 2.24) is 14.5 Å². The first-order valence-corrected chi connectivity index (χ1v) is 11.5. The van der Waals surface area contributed by atoms with Crippen LogP contribution in [-0.4, -0.2) is 38.2 Å². The zero-order valence-corrected chi connectivity index (χ0v) is 18.4. The molecule has 2 heterocycles. The number of carbonyl (C=O) groups excluding carboxylic acids is 1. The predicted octanol–water partition coefficient (Wildman–Crippen LogP) is 5.62. The molecule has 152 valence electrons. The van der Waals surface area contributed by atoms with Crippen molar-refractivity contribution in [2.45, 2.75) is 56.9 Å². The van der Waals surface area contributed by atoms with Gasteiger partial charge >= 0.3 is 0 Å². The molecule has 0 aliphatic carbocycles. The number of piperidine rings is 1. The molecule has 4 rings (SSSR count). The highest BCUT2D eigenvalue weighted by Gasteiger charge is 2.29. The molecule has 0 N–H and O–H groups in total. The quantitative estimate of drug-likeness (QED) is 0.496. The van der Waals surface area contributed by atoms with Crippen LogP contribution in [0.5, 0.6) is 0 Å². The van der Waals surface area contributed by atoms with Crippen LogP contribution in [0.3, 0.4) is 0 Å². The molecule has 2 unspecified atom stereocenters. The maximum atomic E-state index is 13.0. The third-order valence-corrected chi connectivity index (χ3v) is 6.86. The molecule has 1 aliphatic heterocycles. The van der Waals surface area contributed by atoms with Gasteiger partial charge in [-0.2, -0.15) is 0 Å². The first-order valence-electron chi connectivity index (χ1n) is 10.2. The van der Waals surface area contributed by atoms with Crippen LogP contribution in [0.2, 0.25) is 5.02 Å². The highest BCUT2D eigenvalue weighted by atomic mass is 35.5. The minimum Gasteiger partial charge on any atom is -0.337 e. The van der Waals surface area contributed by atoms with E-state index in [9.17, 15) is 4.79 Å². The Hall–Kier alpha value is -1.98. The highest BCUT2D eigenvalue weighted by molar-refractivity contribution is 7.99. The van der Waals surface area contributed by atoms with E-state index in [-0.39, 0.29) is 5.91 Å². The lowest BCUT2D eigenvalue weighted by Gasteiger charge is -2.39. The highest BCUT2D eigenvalue weighted by Crippen LogP contribution is 2.29. The topological polar surface area (TPSA) is 38.1 Å². The van der Waals surface area contributed by atoms with Gasteiger partial charge in [-0.25, -0.2) is 4.98 Å². The summed E-state index contributed by atoms with van der Waals surface area (Å²) in [6.07, 6.45) is 3.38. The molecule has 4 nitrogen and oxygen atoms in total. The molecule has 2 aromatic carbocycles. The monoisotopic (exact) mass is 427 g/mol. The van der Waals surface area contributed by atoms with E-state index in [0.717, 1.165) is 29.0 Å². The summed E-state index contributed by atoms with van der Waals surface area (Å²) in [4.78, 5) is 19.8. The average Bonchev–Trinajstić information content (AvgIpc) is 3.03. The van der Waals surface area contributed by atoms with E-state index in [1.54, 1.807) is 0 Å². The lowest BCUT2D eigenvalue weighted by Crippen LogP contribution is -2.48. The summed E-state index contributed by atoms with van der Waals surface area (Å²) in [5.41, 5.74) is 3.10. The van der Waals surface area contributed by atoms with Gasteiger partial charge in [-0.15, -0.1) is 0 Å². The summed E-state index contributed by atoms with van der Waals surface area (Å²) in [5.74, 6) is 0.603. The standard InChI is InChI=1S/C23H26ClN3OS/c1-16-7-6-8-17(2)27(16)22(28)15-29-23-25-20-13-19(24)11-12-21(20)26(23)14-18-9-4-3-5-10-18/h3-5,9-13,16-17H,6-8,14-15H2,1-2H3. The number of amides is 1. The number of imidazole rings is 1. The maximum Gasteiger partial charge on any atom is 0.233 e. The molecule has 0 saturated carbocycles. The van der Waals surface area contributed by atoms with Crippen LogP contribution in [0.4, 0.5) is 0 Å². The number of hydrogen-bond donors (Lipinski definition) is 0. The lowest BCUT2D eigenvalue weighted by atomic mass is 9.98. The molecule has 6 heteroatoms. The maximum absolute atomic E-state index is 13.0. The third-order valence-electron chi connectivity index (χ3n) is 5.67. The minimum absolute atomic E-state index is 0.200. The number of thioether (sulfide) groups is 1. The van der Waals surface area contributed by atoms with Crippen molar-refractivity contribution in [3.05, 3.63) is 59.1 Å². The average molecular weight is 428 g/mol. The fourth-order valence-electron chi connectivity index (χ4n) is 4.22. The number of likely N-dealkylation sites (tertiary alicyclic amines) is 1. The SMILES string of the molecule is CC1CCCC(C)N1C(=O)CSc1nc2cc(Cl)ccc2n1Cc1ccccc1. The largest absolute Gasteiger partial charge is 0.337 e. The van der Waals surface area contributed by atoms with Crippen LogP contribution < -0.4 is 0 Å². The van der Waals surface area contributed by atoms with Gasteiger partial charge in [0.15, 0.2) is 5.16 Å². The summed E-state index contributed by atoms with van der Waals surface area (Å²) in [6.45, 7) is 5.03. The second kappa shape index (κ2) is 8.80. The Bertz CT molecular complexity index is 994. The van der Waals surface area contributed by atoms with E-state index in [4.69, 9.17) is 16.6 Å². The molecular weight excluding hydrogens is 402 g/mol. The Morgan fingerprint density at radius 3 is 2.59 bits per heavy atom. The van der Waals surface area contributed by atoms with Crippen LogP contribution in [0.1, 0.15) is 38.7 Å². The molecule has 1 aliphatic rings. The molecule has 0 radical (unpaired) electrons. The Labute approximate surface area is 181 Å². The number of benzene rings is 2. The number of carbonyl (C=O) groups is 1. The fourth-order valence-corrected chi connectivity index (χ4v) is 5.27. The summed E-state index contributed by atoms with van der Waals surface area (Å²) < 4.78 is 2.18. The summed E-state index contributed by atoms with van der Waals surface area (Å²) >= 11 is 7.71. The van der Waals surface area contributed by atoms with Gasteiger partial charge in [0.05, 0.1) is 23.3 Å². The van der Waals surface area contributed by atoms with Gasteiger partial charge < -0.3 is 9.47 Å². The number of nitrogens with zero attached hydrogens (tertiary/aromatic N) is 3. The van der Waals surface area contributed by atoms with Crippen molar-refractivity contribution in [2.24, 2.45) is 0 Å². The third kappa shape index (κ3) is 4.46. The van der Waals surface area contributed by atoms with E-state index in [0.29, 0.717) is 29.4 Å². The fraction of sp³-hybridized carbons (Fsp3) is 0.391. The number of aromatic nitrogens is 2. The van der Waals surface area contributed by atoms with Gasteiger partial charge in [0, 0.05) is 17.1 Å². The second-order valence-electron chi connectivity index (χ2n) is 7.82. The number of rotatable bonds is 5. The first kappa shape index (κ1) is 20.3. The van der Waals surface area contributed by atoms with Gasteiger partial charge in [0.1, 0.15) is 0 Å². The Balaban J connectivity index is 1.59. The summed E-state index contributed by atoms with van der Waals surface area (Å²) in [5, 5.41) is 1.53. The molecule has 1 fully saturated rings. The van der Waals surface area contributed by atoms with Gasteiger partial charge in [-0.05, 0) is 56.9 Å². The van der Waals surface area contributed by atoms with E-state index in [2.05, 4.69) is 35.4 Å². The summed E-state index contributed by atoms with van der Waals surface area (Å²) in [7, 11) is 0. The molecule has 2 atom stereocenters. The van der Waals surface area contributed by atoms with Crippen LogP contribution in [-0.2, 0) is 11.3 Å². The molecule has 1 amide bonds. The van der Waals surface area contributed by atoms with E-state index in [1.807, 2.05) is 36.4 Å². The van der Waals surface area contributed by atoms with Crippen molar-refractivity contribution in [2.75, 3.05) is 5.75 Å².